The van der Waals surface area contributed by atoms with E-state index >= 15 is 0 Å². The third kappa shape index (κ3) is 2.09. The van der Waals surface area contributed by atoms with E-state index in [1.54, 1.807) is 6.92 Å². The Bertz CT molecular complexity index is 334. The molecule has 0 aromatic carbocycles. The van der Waals surface area contributed by atoms with Crippen molar-refractivity contribution in [3.8, 4) is 0 Å². The normalized spacial score (nSPS) is 11.7. The number of aliphatic carboxylic acids is 1. The minimum atomic E-state index is -1.59. The predicted octanol–water partition coefficient (Wildman–Crippen LogP) is 1.24. The van der Waals surface area contributed by atoms with E-state index in [0.717, 1.165) is 17.4 Å². The average Bonchev–Trinajstić information content (AvgIpc) is 2.35. The molecule has 4 nitrogen and oxygen atoms in total. The molecule has 0 radical (unpaired) electrons. The second-order valence-electron chi connectivity index (χ2n) is 1.96. The Labute approximate surface area is 71.4 Å². The molecule has 6 heteroatoms. The average molecular weight is 188 g/mol. The van der Waals surface area contributed by atoms with Crippen molar-refractivity contribution in [1.82, 2.24) is 10.2 Å². The van der Waals surface area contributed by atoms with Gasteiger partial charge in [0.1, 0.15) is 10.0 Å². The van der Waals surface area contributed by atoms with Crippen molar-refractivity contribution in [1.29, 1.82) is 0 Å². The zero-order chi connectivity index (χ0) is 9.14. The first kappa shape index (κ1) is 8.79. The molecule has 0 unspecified atom stereocenters. The summed E-state index contributed by atoms with van der Waals surface area (Å²) in [4.78, 5) is 10.0. The Morgan fingerprint density at radius 3 is 2.75 bits per heavy atom. The molecule has 0 amide bonds. The van der Waals surface area contributed by atoms with E-state index in [2.05, 4.69) is 10.2 Å². The molecule has 0 aliphatic heterocycles. The maximum Gasteiger partial charge on any atom is 0.364 e. The van der Waals surface area contributed by atoms with Gasteiger partial charge in [-0.1, -0.05) is 11.3 Å². The first-order valence-electron chi connectivity index (χ1n) is 3.00. The molecule has 1 heterocycles. The summed E-state index contributed by atoms with van der Waals surface area (Å²) in [5.74, 6) is -2.82. The zero-order valence-electron chi connectivity index (χ0n) is 6.11. The third-order valence-corrected chi connectivity index (χ3v) is 1.78. The van der Waals surface area contributed by atoms with Crippen LogP contribution in [0.25, 0.3) is 6.08 Å². The number of aromatic nitrogens is 2. The van der Waals surface area contributed by atoms with E-state index < -0.39 is 11.8 Å². The molecule has 0 saturated carbocycles. The molecule has 1 rings (SSSR count). The molecule has 0 bridgehead atoms. The quantitative estimate of drug-likeness (QED) is 0.709. The third-order valence-electron chi connectivity index (χ3n) is 0.996. The van der Waals surface area contributed by atoms with E-state index in [4.69, 9.17) is 5.11 Å². The fourth-order valence-corrected chi connectivity index (χ4v) is 1.17. The standard InChI is InChI=1S/C6H5FN2O2S/c1-3-8-9-5(12-3)2-4(7)6(10)11/h2H,1H3,(H,10,11)/b4-2+. The van der Waals surface area contributed by atoms with Crippen LogP contribution in [0.4, 0.5) is 4.39 Å². The minimum Gasteiger partial charge on any atom is -0.476 e. The van der Waals surface area contributed by atoms with Crippen molar-refractivity contribution in [2.75, 3.05) is 0 Å². The number of aryl methyl sites for hydroxylation is 1. The summed E-state index contributed by atoms with van der Waals surface area (Å²) in [6.45, 7) is 1.70. The van der Waals surface area contributed by atoms with E-state index in [9.17, 15) is 9.18 Å². The van der Waals surface area contributed by atoms with Crippen LogP contribution < -0.4 is 0 Å². The molecule has 0 spiro atoms. The van der Waals surface area contributed by atoms with Crippen molar-refractivity contribution < 1.29 is 14.3 Å². The van der Waals surface area contributed by atoms with Gasteiger partial charge in [0, 0.05) is 6.08 Å². The number of hydrogen-bond donors (Lipinski definition) is 1. The molecule has 12 heavy (non-hydrogen) atoms. The largest absolute Gasteiger partial charge is 0.476 e. The van der Waals surface area contributed by atoms with Gasteiger partial charge in [-0.05, 0) is 6.92 Å². The first-order valence-corrected chi connectivity index (χ1v) is 3.82. The summed E-state index contributed by atoms with van der Waals surface area (Å²) >= 11 is 1.13. The van der Waals surface area contributed by atoms with Gasteiger partial charge in [0.15, 0.2) is 0 Å². The van der Waals surface area contributed by atoms with E-state index in [0.29, 0.717) is 5.01 Å². The monoisotopic (exact) mass is 188 g/mol. The summed E-state index contributed by atoms with van der Waals surface area (Å²) in [6, 6.07) is 0. The van der Waals surface area contributed by atoms with E-state index in [1.807, 2.05) is 0 Å². The van der Waals surface area contributed by atoms with Crippen molar-refractivity contribution in [2.45, 2.75) is 6.92 Å². The molecule has 0 aliphatic rings. The molecule has 1 N–H and O–H groups in total. The summed E-state index contributed by atoms with van der Waals surface area (Å²) in [6.07, 6.45) is 0.840. The van der Waals surface area contributed by atoms with Gasteiger partial charge in [0.05, 0.1) is 0 Å². The molecule has 0 fully saturated rings. The second kappa shape index (κ2) is 3.40. The van der Waals surface area contributed by atoms with E-state index in [-0.39, 0.29) is 5.01 Å². The van der Waals surface area contributed by atoms with Gasteiger partial charge in [-0.25, -0.2) is 4.79 Å². The lowest BCUT2D eigenvalue weighted by Gasteiger charge is -1.83. The molecular weight excluding hydrogens is 183 g/mol. The van der Waals surface area contributed by atoms with Crippen molar-refractivity contribution in [3.05, 3.63) is 15.8 Å². The lowest BCUT2D eigenvalue weighted by atomic mass is 10.5. The number of carboxylic acids is 1. The molecule has 1 aromatic heterocycles. The van der Waals surface area contributed by atoms with Gasteiger partial charge >= 0.3 is 5.97 Å². The molecule has 0 atom stereocenters. The zero-order valence-corrected chi connectivity index (χ0v) is 6.93. The number of hydrogen-bond acceptors (Lipinski definition) is 4. The lowest BCUT2D eigenvalue weighted by molar-refractivity contribution is -0.134. The van der Waals surface area contributed by atoms with Gasteiger partial charge in [0.2, 0.25) is 5.83 Å². The van der Waals surface area contributed by atoms with Crippen molar-refractivity contribution in [3.63, 3.8) is 0 Å². The van der Waals surface area contributed by atoms with Gasteiger partial charge < -0.3 is 5.11 Å². The maximum atomic E-state index is 12.4. The molecule has 0 aliphatic carbocycles. The first-order chi connectivity index (χ1) is 5.59. The SMILES string of the molecule is Cc1nnc(/C=C(/F)C(=O)O)s1. The van der Waals surface area contributed by atoms with Gasteiger partial charge in [-0.15, -0.1) is 10.2 Å². The number of halogens is 1. The summed E-state index contributed by atoms with van der Waals surface area (Å²) in [5.41, 5.74) is 0. The maximum absolute atomic E-state index is 12.4. The van der Waals surface area contributed by atoms with Crippen LogP contribution in [0.1, 0.15) is 10.0 Å². The van der Waals surface area contributed by atoms with Crippen LogP contribution in [0.5, 0.6) is 0 Å². The van der Waals surface area contributed by atoms with Crippen LogP contribution in [0.2, 0.25) is 0 Å². The highest BCUT2D eigenvalue weighted by Gasteiger charge is 2.06. The van der Waals surface area contributed by atoms with Crippen LogP contribution in [-0.2, 0) is 4.79 Å². The van der Waals surface area contributed by atoms with Crippen LogP contribution in [0, 0.1) is 6.92 Å². The molecular formula is C6H5FN2O2S. The highest BCUT2D eigenvalue weighted by atomic mass is 32.1. The number of nitrogens with zero attached hydrogens (tertiary/aromatic N) is 2. The highest BCUT2D eigenvalue weighted by molar-refractivity contribution is 7.12. The van der Waals surface area contributed by atoms with Crippen LogP contribution >= 0.6 is 11.3 Å². The number of rotatable bonds is 2. The van der Waals surface area contributed by atoms with Crippen LogP contribution in [0.3, 0.4) is 0 Å². The van der Waals surface area contributed by atoms with Gasteiger partial charge in [-0.2, -0.15) is 4.39 Å². The highest BCUT2D eigenvalue weighted by Crippen LogP contribution is 2.12. The number of carboxylic acid groups (broad SMARTS) is 1. The Balaban J connectivity index is 2.87. The topological polar surface area (TPSA) is 63.1 Å². The molecule has 1 aromatic rings. The van der Waals surface area contributed by atoms with Crippen molar-refractivity contribution in [2.24, 2.45) is 0 Å². The summed E-state index contributed by atoms with van der Waals surface area (Å²) in [5, 5.41) is 16.2. The van der Waals surface area contributed by atoms with Crippen molar-refractivity contribution >= 4 is 23.4 Å². The second-order valence-corrected chi connectivity index (χ2v) is 3.17. The minimum absolute atomic E-state index is 0.257. The van der Waals surface area contributed by atoms with Crippen LogP contribution in [-0.4, -0.2) is 21.3 Å². The smallest absolute Gasteiger partial charge is 0.364 e. The summed E-state index contributed by atoms with van der Waals surface area (Å²) in [7, 11) is 0. The Hall–Kier alpha value is -1.30. The summed E-state index contributed by atoms with van der Waals surface area (Å²) < 4.78 is 12.4. The lowest BCUT2D eigenvalue weighted by Crippen LogP contribution is -1.93. The number of carbonyl (C=O) groups is 1. The Morgan fingerprint density at radius 2 is 2.33 bits per heavy atom. The van der Waals surface area contributed by atoms with E-state index in [1.165, 1.54) is 0 Å². The van der Waals surface area contributed by atoms with Gasteiger partial charge in [-0.3, -0.25) is 0 Å². The Kier molecular flexibility index (Phi) is 2.49. The Morgan fingerprint density at radius 1 is 1.67 bits per heavy atom. The van der Waals surface area contributed by atoms with Crippen LogP contribution in [0.15, 0.2) is 5.83 Å². The molecule has 0 saturated heterocycles. The van der Waals surface area contributed by atoms with Gasteiger partial charge in [0.25, 0.3) is 0 Å². The fourth-order valence-electron chi connectivity index (χ4n) is 0.540. The fraction of sp³-hybridized carbons (Fsp3) is 0.167. The predicted molar refractivity (Wildman–Crippen MR) is 41.4 cm³/mol. The molecule has 64 valence electrons.